The molecular weight excluding hydrogens is 392 g/mol. The first-order valence-electron chi connectivity index (χ1n) is 10.5. The zero-order valence-electron chi connectivity index (χ0n) is 17.6. The van der Waals surface area contributed by atoms with E-state index in [0.717, 1.165) is 19.0 Å². The van der Waals surface area contributed by atoms with Gasteiger partial charge in [0.2, 0.25) is 10.0 Å². The molecule has 1 aromatic heterocycles. The molecule has 1 atom stereocenters. The van der Waals surface area contributed by atoms with Crippen molar-refractivity contribution in [2.75, 3.05) is 59.4 Å². The maximum absolute atomic E-state index is 12.6. The second-order valence-corrected chi connectivity index (χ2v) is 10.00. The van der Waals surface area contributed by atoms with E-state index in [1.54, 1.807) is 13.1 Å². The number of sulfonamides is 1. The van der Waals surface area contributed by atoms with Gasteiger partial charge in [-0.05, 0) is 31.8 Å². The first-order chi connectivity index (χ1) is 14.0. The predicted molar refractivity (Wildman–Crippen MR) is 113 cm³/mol. The Labute approximate surface area is 174 Å². The average Bonchev–Trinajstić information content (AvgIpc) is 3.22. The molecular formula is C19H34N6O3S. The monoisotopic (exact) mass is 426 g/mol. The van der Waals surface area contributed by atoms with E-state index >= 15 is 0 Å². The summed E-state index contributed by atoms with van der Waals surface area (Å²) in [6.07, 6.45) is 5.37. The summed E-state index contributed by atoms with van der Waals surface area (Å²) in [4.78, 5) is 9.09. The number of piperidine rings is 1. The minimum Gasteiger partial charge on any atom is -0.364 e. The van der Waals surface area contributed by atoms with Crippen molar-refractivity contribution in [2.45, 2.75) is 31.9 Å². The maximum atomic E-state index is 12.6. The summed E-state index contributed by atoms with van der Waals surface area (Å²) < 4.78 is 31.4. The summed E-state index contributed by atoms with van der Waals surface area (Å²) in [7, 11) is -1.60. The van der Waals surface area contributed by atoms with Crippen LogP contribution < -0.4 is 5.32 Å². The molecule has 9 nitrogen and oxygen atoms in total. The Morgan fingerprint density at radius 2 is 1.93 bits per heavy atom. The second-order valence-electron chi connectivity index (χ2n) is 8.03. The Morgan fingerprint density at radius 3 is 2.55 bits per heavy atom. The van der Waals surface area contributed by atoms with Crippen LogP contribution in [-0.2, 0) is 15.8 Å². The van der Waals surface area contributed by atoms with Crippen molar-refractivity contribution in [2.24, 2.45) is 10.9 Å². The van der Waals surface area contributed by atoms with Gasteiger partial charge in [-0.3, -0.25) is 4.99 Å². The number of piperazine rings is 1. The summed E-state index contributed by atoms with van der Waals surface area (Å²) in [5.41, 5.74) is 0.438. The highest BCUT2D eigenvalue weighted by atomic mass is 32.2. The molecule has 0 saturated carbocycles. The lowest BCUT2D eigenvalue weighted by Gasteiger charge is -2.36. The van der Waals surface area contributed by atoms with Crippen molar-refractivity contribution in [3.63, 3.8) is 0 Å². The number of hydrogen-bond acceptors (Lipinski definition) is 6. The molecule has 0 spiro atoms. The standard InChI is InChI=1S/C19H34N6O3S/c1-17(15-23-7-4-3-5-8-23)14-21-19(20-2)24-9-11-25(12-10-24)29(26,27)16-18-6-13-28-22-18/h6,13,17H,3-5,7-12,14-16H2,1-2H3,(H,20,21). The Kier molecular flexibility index (Phi) is 7.91. The highest BCUT2D eigenvalue weighted by molar-refractivity contribution is 7.88. The van der Waals surface area contributed by atoms with Crippen LogP contribution in [0.15, 0.2) is 21.8 Å². The molecule has 2 saturated heterocycles. The van der Waals surface area contributed by atoms with E-state index in [4.69, 9.17) is 4.52 Å². The Bertz CT molecular complexity index is 738. The molecule has 2 fully saturated rings. The molecule has 164 valence electrons. The normalized spacial score (nSPS) is 21.3. The lowest BCUT2D eigenvalue weighted by Crippen LogP contribution is -2.54. The summed E-state index contributed by atoms with van der Waals surface area (Å²) in [6.45, 7) is 8.81. The van der Waals surface area contributed by atoms with Crippen molar-refractivity contribution in [1.82, 2.24) is 24.6 Å². The van der Waals surface area contributed by atoms with E-state index in [2.05, 4.69) is 32.2 Å². The summed E-state index contributed by atoms with van der Waals surface area (Å²) in [5.74, 6) is 1.27. The van der Waals surface area contributed by atoms with Gasteiger partial charge in [0.1, 0.15) is 12.0 Å². The fourth-order valence-corrected chi connectivity index (χ4v) is 5.44. The molecule has 2 aliphatic rings. The molecule has 10 heteroatoms. The third-order valence-corrected chi connectivity index (χ3v) is 7.40. The van der Waals surface area contributed by atoms with Crippen LogP contribution in [0.2, 0.25) is 0 Å². The number of aromatic nitrogens is 1. The number of likely N-dealkylation sites (tertiary alicyclic amines) is 1. The Balaban J connectivity index is 1.43. The quantitative estimate of drug-likeness (QED) is 0.509. The molecule has 0 radical (unpaired) electrons. The largest absolute Gasteiger partial charge is 0.364 e. The highest BCUT2D eigenvalue weighted by Gasteiger charge is 2.29. The van der Waals surface area contributed by atoms with E-state index in [-0.39, 0.29) is 5.75 Å². The van der Waals surface area contributed by atoms with Gasteiger partial charge in [0.05, 0.1) is 5.69 Å². The second kappa shape index (κ2) is 10.4. The third kappa shape index (κ3) is 6.42. The summed E-state index contributed by atoms with van der Waals surface area (Å²) in [6, 6.07) is 1.59. The van der Waals surface area contributed by atoms with Crippen LogP contribution in [0.3, 0.4) is 0 Å². The third-order valence-electron chi connectivity index (χ3n) is 5.59. The van der Waals surface area contributed by atoms with E-state index in [1.165, 1.54) is 42.9 Å². The molecule has 0 aliphatic carbocycles. The maximum Gasteiger partial charge on any atom is 0.220 e. The molecule has 1 N–H and O–H groups in total. The zero-order valence-corrected chi connectivity index (χ0v) is 18.4. The van der Waals surface area contributed by atoms with Crippen molar-refractivity contribution in [1.29, 1.82) is 0 Å². The number of nitrogens with one attached hydrogen (secondary N) is 1. The van der Waals surface area contributed by atoms with E-state index in [0.29, 0.717) is 37.8 Å². The summed E-state index contributed by atoms with van der Waals surface area (Å²) >= 11 is 0. The van der Waals surface area contributed by atoms with Gasteiger partial charge >= 0.3 is 0 Å². The van der Waals surface area contributed by atoms with Crippen LogP contribution >= 0.6 is 0 Å². The van der Waals surface area contributed by atoms with Crippen molar-refractivity contribution < 1.29 is 12.9 Å². The van der Waals surface area contributed by atoms with Crippen LogP contribution in [0.5, 0.6) is 0 Å². The van der Waals surface area contributed by atoms with Gasteiger partial charge in [-0.2, -0.15) is 4.31 Å². The van der Waals surface area contributed by atoms with Gasteiger partial charge in [0.15, 0.2) is 5.96 Å². The van der Waals surface area contributed by atoms with Crippen molar-refractivity contribution in [3.8, 4) is 0 Å². The molecule has 1 unspecified atom stereocenters. The molecule has 0 aromatic carbocycles. The lowest BCUT2D eigenvalue weighted by atomic mass is 10.1. The van der Waals surface area contributed by atoms with Gasteiger partial charge in [-0.15, -0.1) is 0 Å². The molecule has 1 aromatic rings. The molecule has 3 rings (SSSR count). The fourth-order valence-electron chi connectivity index (χ4n) is 4.01. The molecule has 2 aliphatic heterocycles. The predicted octanol–water partition coefficient (Wildman–Crippen LogP) is 0.819. The van der Waals surface area contributed by atoms with Crippen LogP contribution in [0.25, 0.3) is 0 Å². The molecule has 3 heterocycles. The summed E-state index contributed by atoms with van der Waals surface area (Å²) in [5, 5.41) is 7.19. The van der Waals surface area contributed by atoms with Gasteiger partial charge in [-0.1, -0.05) is 18.5 Å². The van der Waals surface area contributed by atoms with E-state index < -0.39 is 10.0 Å². The Hall–Kier alpha value is -1.65. The highest BCUT2D eigenvalue weighted by Crippen LogP contribution is 2.13. The smallest absolute Gasteiger partial charge is 0.220 e. The molecule has 0 bridgehead atoms. The van der Waals surface area contributed by atoms with E-state index in [9.17, 15) is 8.42 Å². The zero-order chi connectivity index (χ0) is 20.7. The topological polar surface area (TPSA) is 94.3 Å². The van der Waals surface area contributed by atoms with Gasteiger partial charge in [-0.25, -0.2) is 8.42 Å². The minimum atomic E-state index is -3.39. The number of aliphatic imine (C=N–C) groups is 1. The number of hydrogen-bond donors (Lipinski definition) is 1. The van der Waals surface area contributed by atoms with Crippen LogP contribution in [0, 0.1) is 5.92 Å². The van der Waals surface area contributed by atoms with E-state index in [1.807, 2.05) is 0 Å². The lowest BCUT2D eigenvalue weighted by molar-refractivity contribution is 0.200. The van der Waals surface area contributed by atoms with Crippen LogP contribution in [0.1, 0.15) is 31.9 Å². The Morgan fingerprint density at radius 1 is 1.21 bits per heavy atom. The minimum absolute atomic E-state index is 0.121. The first kappa shape index (κ1) is 22.0. The molecule has 0 amide bonds. The van der Waals surface area contributed by atoms with Gasteiger partial charge < -0.3 is 19.6 Å². The van der Waals surface area contributed by atoms with Crippen LogP contribution in [-0.4, -0.2) is 93.0 Å². The van der Waals surface area contributed by atoms with Crippen LogP contribution in [0.4, 0.5) is 0 Å². The van der Waals surface area contributed by atoms with Crippen molar-refractivity contribution in [3.05, 3.63) is 18.0 Å². The molecule has 29 heavy (non-hydrogen) atoms. The van der Waals surface area contributed by atoms with Gasteiger partial charge in [0, 0.05) is 52.4 Å². The number of nitrogens with zero attached hydrogens (tertiary/aromatic N) is 5. The van der Waals surface area contributed by atoms with Gasteiger partial charge in [0.25, 0.3) is 0 Å². The first-order valence-corrected chi connectivity index (χ1v) is 12.1. The van der Waals surface area contributed by atoms with Crippen molar-refractivity contribution >= 4 is 16.0 Å². The average molecular weight is 427 g/mol. The SMILES string of the molecule is CN=C(NCC(C)CN1CCCCC1)N1CCN(S(=O)(=O)Cc2ccon2)CC1. The fraction of sp³-hybridized carbons (Fsp3) is 0.789. The number of rotatable bonds is 7. The number of guanidine groups is 1.